The number of nitrogens with one attached hydrogen (secondary N) is 1. The summed E-state index contributed by atoms with van der Waals surface area (Å²) in [5, 5.41) is 8.93. The van der Waals surface area contributed by atoms with Crippen LogP contribution in [0.5, 0.6) is 0 Å². The topological polar surface area (TPSA) is 110 Å². The molecular formula is C12H13N3O5S. The molecule has 0 aliphatic rings. The molecule has 21 heavy (non-hydrogen) atoms. The molecule has 0 saturated heterocycles. The Bertz CT molecular complexity index is 863. The summed E-state index contributed by atoms with van der Waals surface area (Å²) in [7, 11) is -0.997. The van der Waals surface area contributed by atoms with E-state index in [-0.39, 0.29) is 21.8 Å². The van der Waals surface area contributed by atoms with Gasteiger partial charge in [-0.2, -0.15) is 0 Å². The van der Waals surface area contributed by atoms with Gasteiger partial charge in [0.25, 0.3) is 10.0 Å². The molecule has 0 aliphatic heterocycles. The van der Waals surface area contributed by atoms with E-state index < -0.39 is 16.0 Å². The number of carbonyl (C=O) groups is 1. The van der Waals surface area contributed by atoms with Crippen LogP contribution in [0.25, 0.3) is 0 Å². The maximum Gasteiger partial charge on any atom is 0.352 e. The molecule has 2 N–H and O–H groups in total. The minimum atomic E-state index is -3.93. The first-order valence-electron chi connectivity index (χ1n) is 5.80. The molecule has 0 amide bonds. The SMILES string of the molecule is Cn1cc(S(=O)(=O)Nc2ccc(=O)n(C)c2)cc1C(=O)O. The number of aryl methyl sites for hydroxylation is 2. The lowest BCUT2D eigenvalue weighted by Crippen LogP contribution is -2.18. The summed E-state index contributed by atoms with van der Waals surface area (Å²) < 4.78 is 29.1. The predicted octanol–water partition coefficient (Wildman–Crippen LogP) is 0.223. The molecular weight excluding hydrogens is 298 g/mol. The third kappa shape index (κ3) is 2.97. The van der Waals surface area contributed by atoms with E-state index in [9.17, 15) is 18.0 Å². The smallest absolute Gasteiger partial charge is 0.352 e. The third-order valence-corrected chi connectivity index (χ3v) is 4.20. The number of pyridine rings is 1. The number of aromatic nitrogens is 2. The van der Waals surface area contributed by atoms with Gasteiger partial charge in [-0.3, -0.25) is 9.52 Å². The lowest BCUT2D eigenvalue weighted by molar-refractivity contribution is 0.0686. The molecule has 0 radical (unpaired) electrons. The van der Waals surface area contributed by atoms with Crippen LogP contribution in [-0.4, -0.2) is 28.6 Å². The second-order valence-corrected chi connectivity index (χ2v) is 6.13. The monoisotopic (exact) mass is 311 g/mol. The third-order valence-electron chi connectivity index (χ3n) is 2.85. The van der Waals surface area contributed by atoms with E-state index in [1.165, 1.54) is 47.8 Å². The van der Waals surface area contributed by atoms with Crippen molar-refractivity contribution in [1.29, 1.82) is 0 Å². The summed E-state index contributed by atoms with van der Waals surface area (Å²) in [6, 6.07) is 3.62. The Morgan fingerprint density at radius 1 is 1.19 bits per heavy atom. The number of rotatable bonds is 4. The van der Waals surface area contributed by atoms with Gasteiger partial charge in [0, 0.05) is 32.6 Å². The van der Waals surface area contributed by atoms with Crippen molar-refractivity contribution in [1.82, 2.24) is 9.13 Å². The zero-order chi connectivity index (χ0) is 15.8. The van der Waals surface area contributed by atoms with Gasteiger partial charge in [-0.25, -0.2) is 13.2 Å². The molecule has 2 aromatic rings. The number of carboxylic acid groups (broad SMARTS) is 1. The van der Waals surface area contributed by atoms with Crippen LogP contribution in [-0.2, 0) is 24.1 Å². The second-order valence-electron chi connectivity index (χ2n) is 4.45. The van der Waals surface area contributed by atoms with Gasteiger partial charge in [0.15, 0.2) is 0 Å². The zero-order valence-corrected chi connectivity index (χ0v) is 12.1. The quantitative estimate of drug-likeness (QED) is 0.839. The van der Waals surface area contributed by atoms with Crippen LogP contribution < -0.4 is 10.3 Å². The molecule has 0 saturated carbocycles. The first-order chi connectivity index (χ1) is 9.70. The number of aromatic carboxylic acids is 1. The minimum Gasteiger partial charge on any atom is -0.477 e. The molecule has 0 aromatic carbocycles. The lowest BCUT2D eigenvalue weighted by atomic mass is 10.4. The lowest BCUT2D eigenvalue weighted by Gasteiger charge is -2.07. The molecule has 0 spiro atoms. The van der Waals surface area contributed by atoms with Gasteiger partial charge in [-0.1, -0.05) is 0 Å². The fraction of sp³-hybridized carbons (Fsp3) is 0.167. The molecule has 2 heterocycles. The molecule has 112 valence electrons. The van der Waals surface area contributed by atoms with Crippen molar-refractivity contribution in [3.8, 4) is 0 Å². The molecule has 0 aliphatic carbocycles. The van der Waals surface area contributed by atoms with Crippen molar-refractivity contribution in [3.63, 3.8) is 0 Å². The average molecular weight is 311 g/mol. The van der Waals surface area contributed by atoms with Crippen LogP contribution in [0, 0.1) is 0 Å². The molecule has 2 aromatic heterocycles. The van der Waals surface area contributed by atoms with Crippen LogP contribution in [0.1, 0.15) is 10.5 Å². The summed E-state index contributed by atoms with van der Waals surface area (Å²) >= 11 is 0. The molecule has 0 bridgehead atoms. The molecule has 9 heteroatoms. The standard InChI is InChI=1S/C12H13N3O5S/c1-14-7-9(5-10(14)12(17)18)21(19,20)13-8-3-4-11(16)15(2)6-8/h3-7,13H,1-2H3,(H,17,18). The van der Waals surface area contributed by atoms with E-state index in [0.717, 1.165) is 6.07 Å². The van der Waals surface area contributed by atoms with E-state index in [1.54, 1.807) is 0 Å². The number of nitrogens with zero attached hydrogens (tertiary/aromatic N) is 2. The van der Waals surface area contributed by atoms with Gasteiger partial charge < -0.3 is 14.2 Å². The fourth-order valence-corrected chi connectivity index (χ4v) is 2.87. The van der Waals surface area contributed by atoms with Gasteiger partial charge in [0.2, 0.25) is 5.56 Å². The van der Waals surface area contributed by atoms with Crippen molar-refractivity contribution in [3.05, 3.63) is 46.6 Å². The molecule has 2 rings (SSSR count). The first-order valence-corrected chi connectivity index (χ1v) is 7.28. The highest BCUT2D eigenvalue weighted by atomic mass is 32.2. The van der Waals surface area contributed by atoms with Gasteiger partial charge in [-0.05, 0) is 12.1 Å². The highest BCUT2D eigenvalue weighted by molar-refractivity contribution is 7.92. The Morgan fingerprint density at radius 2 is 1.86 bits per heavy atom. The molecule has 8 nitrogen and oxygen atoms in total. The normalized spacial score (nSPS) is 11.3. The zero-order valence-electron chi connectivity index (χ0n) is 11.3. The second kappa shape index (κ2) is 5.09. The van der Waals surface area contributed by atoms with Crippen LogP contribution in [0.2, 0.25) is 0 Å². The van der Waals surface area contributed by atoms with E-state index >= 15 is 0 Å². The number of carboxylic acids is 1. The first kappa shape index (κ1) is 14.9. The number of anilines is 1. The summed E-state index contributed by atoms with van der Waals surface area (Å²) in [6.07, 6.45) is 2.54. The van der Waals surface area contributed by atoms with E-state index in [1.807, 2.05) is 0 Å². The van der Waals surface area contributed by atoms with Gasteiger partial charge in [-0.15, -0.1) is 0 Å². The van der Waals surface area contributed by atoms with E-state index in [0.29, 0.717) is 0 Å². The Balaban J connectivity index is 2.38. The van der Waals surface area contributed by atoms with Crippen molar-refractivity contribution >= 4 is 21.7 Å². The van der Waals surface area contributed by atoms with Crippen molar-refractivity contribution in [2.75, 3.05) is 4.72 Å². The highest BCUT2D eigenvalue weighted by Crippen LogP contribution is 2.17. The molecule has 0 atom stereocenters. The Labute approximate surface area is 120 Å². The highest BCUT2D eigenvalue weighted by Gasteiger charge is 2.20. The van der Waals surface area contributed by atoms with Gasteiger partial charge in [0.05, 0.1) is 5.69 Å². The van der Waals surface area contributed by atoms with Crippen LogP contribution in [0.4, 0.5) is 5.69 Å². The van der Waals surface area contributed by atoms with Crippen molar-refractivity contribution in [2.45, 2.75) is 4.90 Å². The maximum atomic E-state index is 12.2. The predicted molar refractivity (Wildman–Crippen MR) is 74.9 cm³/mol. The molecule has 0 unspecified atom stereocenters. The number of sulfonamides is 1. The summed E-state index contributed by atoms with van der Waals surface area (Å²) in [4.78, 5) is 22.0. The average Bonchev–Trinajstić information content (AvgIpc) is 2.77. The summed E-state index contributed by atoms with van der Waals surface area (Å²) in [6.45, 7) is 0. The van der Waals surface area contributed by atoms with Gasteiger partial charge >= 0.3 is 5.97 Å². The number of hydrogen-bond donors (Lipinski definition) is 2. The fourth-order valence-electron chi connectivity index (χ4n) is 1.76. The van der Waals surface area contributed by atoms with Crippen LogP contribution in [0.15, 0.2) is 40.3 Å². The maximum absolute atomic E-state index is 12.2. The Kier molecular flexibility index (Phi) is 3.60. The Hall–Kier alpha value is -2.55. The van der Waals surface area contributed by atoms with E-state index in [2.05, 4.69) is 4.72 Å². The Morgan fingerprint density at radius 3 is 2.38 bits per heavy atom. The van der Waals surface area contributed by atoms with Crippen molar-refractivity contribution in [2.24, 2.45) is 14.1 Å². The number of hydrogen-bond acceptors (Lipinski definition) is 4. The largest absolute Gasteiger partial charge is 0.477 e. The van der Waals surface area contributed by atoms with Gasteiger partial charge in [0.1, 0.15) is 10.6 Å². The minimum absolute atomic E-state index is 0.143. The summed E-state index contributed by atoms with van der Waals surface area (Å²) in [5.41, 5.74) is -0.209. The van der Waals surface area contributed by atoms with Crippen LogP contribution in [0.3, 0.4) is 0 Å². The van der Waals surface area contributed by atoms with E-state index in [4.69, 9.17) is 5.11 Å². The summed E-state index contributed by atoms with van der Waals surface area (Å²) in [5.74, 6) is -1.22. The van der Waals surface area contributed by atoms with Crippen LogP contribution >= 0.6 is 0 Å². The van der Waals surface area contributed by atoms with Crippen molar-refractivity contribution < 1.29 is 18.3 Å². The molecule has 0 fully saturated rings.